The minimum atomic E-state index is -0.278. The van der Waals surface area contributed by atoms with Gasteiger partial charge < -0.3 is 14.9 Å². The molecule has 5 nitrogen and oxygen atoms in total. The maximum atomic E-state index is 12.6. The van der Waals surface area contributed by atoms with E-state index in [1.165, 1.54) is 16.6 Å². The van der Waals surface area contributed by atoms with Gasteiger partial charge in [-0.05, 0) is 43.5 Å². The third-order valence-corrected chi connectivity index (χ3v) is 5.06. The molecule has 0 aliphatic rings. The Morgan fingerprint density at radius 3 is 2.77 bits per heavy atom. The fourth-order valence-electron chi connectivity index (χ4n) is 3.46. The van der Waals surface area contributed by atoms with Gasteiger partial charge in [-0.1, -0.05) is 26.8 Å². The number of aromatic nitrogens is 3. The molecule has 0 saturated heterocycles. The number of nitrogens with zero attached hydrogens (tertiary/aromatic N) is 2. The first-order chi connectivity index (χ1) is 12.4. The van der Waals surface area contributed by atoms with Gasteiger partial charge >= 0.3 is 0 Å². The van der Waals surface area contributed by atoms with E-state index < -0.39 is 0 Å². The van der Waals surface area contributed by atoms with E-state index in [0.717, 1.165) is 23.3 Å². The predicted octanol–water partition coefficient (Wildman–Crippen LogP) is 4.24. The van der Waals surface area contributed by atoms with Crippen LogP contribution in [0.15, 0.2) is 30.6 Å². The SMILES string of the molecule is CCc1[nH]c2ccc(CNC(=O)[C@H](C)n3ccnc3C(C)C)cc2c1C. The minimum Gasteiger partial charge on any atom is -0.358 e. The molecule has 0 spiro atoms. The Bertz CT molecular complexity index is 919. The molecule has 2 aromatic heterocycles. The number of hydrogen-bond donors (Lipinski definition) is 2. The number of carbonyl (C=O) groups is 1. The minimum absolute atomic E-state index is 0.00466. The summed E-state index contributed by atoms with van der Waals surface area (Å²) in [5, 5.41) is 4.29. The van der Waals surface area contributed by atoms with Crippen molar-refractivity contribution in [3.05, 3.63) is 53.2 Å². The monoisotopic (exact) mass is 352 g/mol. The fraction of sp³-hybridized carbons (Fsp3) is 0.429. The smallest absolute Gasteiger partial charge is 0.243 e. The first-order valence-corrected chi connectivity index (χ1v) is 9.32. The maximum Gasteiger partial charge on any atom is 0.243 e. The molecule has 0 unspecified atom stereocenters. The summed E-state index contributed by atoms with van der Waals surface area (Å²) < 4.78 is 1.95. The molecule has 3 rings (SSSR count). The Kier molecular flexibility index (Phi) is 5.16. The topological polar surface area (TPSA) is 62.7 Å². The van der Waals surface area contributed by atoms with Gasteiger partial charge in [-0.25, -0.2) is 4.98 Å². The van der Waals surface area contributed by atoms with Crippen molar-refractivity contribution in [1.29, 1.82) is 0 Å². The van der Waals surface area contributed by atoms with Crippen molar-refractivity contribution in [1.82, 2.24) is 19.9 Å². The van der Waals surface area contributed by atoms with Gasteiger partial charge in [0.15, 0.2) is 0 Å². The molecule has 0 aliphatic heterocycles. The van der Waals surface area contributed by atoms with Gasteiger partial charge in [-0.2, -0.15) is 0 Å². The predicted molar refractivity (Wildman–Crippen MR) is 105 cm³/mol. The molecular weight excluding hydrogens is 324 g/mol. The molecule has 5 heteroatoms. The number of H-pyrrole nitrogens is 1. The molecule has 2 N–H and O–H groups in total. The van der Waals surface area contributed by atoms with E-state index >= 15 is 0 Å². The lowest BCUT2D eigenvalue weighted by atomic mass is 10.1. The molecule has 0 saturated carbocycles. The highest BCUT2D eigenvalue weighted by Gasteiger charge is 2.19. The zero-order chi connectivity index (χ0) is 18.8. The molecule has 3 aromatic rings. The van der Waals surface area contributed by atoms with Gasteiger partial charge in [-0.3, -0.25) is 4.79 Å². The average Bonchev–Trinajstić information content (AvgIpc) is 3.24. The molecule has 1 aromatic carbocycles. The number of hydrogen-bond acceptors (Lipinski definition) is 2. The van der Waals surface area contributed by atoms with Crippen LogP contribution in [0.25, 0.3) is 10.9 Å². The van der Waals surface area contributed by atoms with E-state index in [-0.39, 0.29) is 17.9 Å². The van der Waals surface area contributed by atoms with E-state index in [2.05, 4.69) is 61.2 Å². The maximum absolute atomic E-state index is 12.6. The second-order valence-electron chi connectivity index (χ2n) is 7.20. The number of benzene rings is 1. The molecule has 0 radical (unpaired) electrons. The zero-order valence-electron chi connectivity index (χ0n) is 16.3. The zero-order valence-corrected chi connectivity index (χ0v) is 16.3. The molecule has 138 valence electrons. The summed E-state index contributed by atoms with van der Waals surface area (Å²) in [4.78, 5) is 20.4. The van der Waals surface area contributed by atoms with Crippen molar-refractivity contribution in [3.8, 4) is 0 Å². The molecule has 26 heavy (non-hydrogen) atoms. The van der Waals surface area contributed by atoms with Crippen molar-refractivity contribution < 1.29 is 4.79 Å². The number of imidazole rings is 1. The summed E-state index contributed by atoms with van der Waals surface area (Å²) in [6, 6.07) is 6.06. The van der Waals surface area contributed by atoms with Crippen LogP contribution in [0, 0.1) is 6.92 Å². The highest BCUT2D eigenvalue weighted by Crippen LogP contribution is 2.23. The number of aromatic amines is 1. The van der Waals surface area contributed by atoms with Crippen LogP contribution < -0.4 is 5.32 Å². The Labute approximate surface area is 154 Å². The molecule has 0 fully saturated rings. The summed E-state index contributed by atoms with van der Waals surface area (Å²) in [5.74, 6) is 1.22. The number of fused-ring (bicyclic) bond motifs is 1. The van der Waals surface area contributed by atoms with E-state index in [1.54, 1.807) is 6.20 Å². The summed E-state index contributed by atoms with van der Waals surface area (Å²) in [6.07, 6.45) is 4.63. The van der Waals surface area contributed by atoms with Crippen LogP contribution in [-0.2, 0) is 17.8 Å². The van der Waals surface area contributed by atoms with Gasteiger partial charge in [-0.15, -0.1) is 0 Å². The molecule has 1 amide bonds. The number of nitrogens with one attached hydrogen (secondary N) is 2. The number of carbonyl (C=O) groups excluding carboxylic acids is 1. The van der Waals surface area contributed by atoms with Gasteiger partial charge in [0.1, 0.15) is 11.9 Å². The van der Waals surface area contributed by atoms with E-state index in [0.29, 0.717) is 6.54 Å². The highest BCUT2D eigenvalue weighted by atomic mass is 16.2. The van der Waals surface area contributed by atoms with E-state index in [1.807, 2.05) is 17.7 Å². The lowest BCUT2D eigenvalue weighted by molar-refractivity contribution is -0.124. The summed E-state index contributed by atoms with van der Waals surface area (Å²) in [6.45, 7) is 10.9. The Morgan fingerprint density at radius 2 is 2.08 bits per heavy atom. The van der Waals surface area contributed by atoms with Crippen LogP contribution in [-0.4, -0.2) is 20.4 Å². The number of rotatable bonds is 6. The molecule has 2 heterocycles. The quantitative estimate of drug-likeness (QED) is 0.697. The third-order valence-electron chi connectivity index (χ3n) is 5.06. The van der Waals surface area contributed by atoms with E-state index in [4.69, 9.17) is 0 Å². The standard InChI is InChI=1S/C21H28N4O/c1-6-18-14(4)17-11-16(7-8-19(17)24-18)12-23-21(26)15(5)25-10-9-22-20(25)13(2)3/h7-11,13,15,24H,6,12H2,1-5H3,(H,23,26)/t15-/m0/s1. The Hall–Kier alpha value is -2.56. The largest absolute Gasteiger partial charge is 0.358 e. The lowest BCUT2D eigenvalue weighted by Gasteiger charge is -2.18. The van der Waals surface area contributed by atoms with Gasteiger partial charge in [0.25, 0.3) is 0 Å². The van der Waals surface area contributed by atoms with Gasteiger partial charge in [0.05, 0.1) is 0 Å². The van der Waals surface area contributed by atoms with Crippen molar-refractivity contribution in [2.45, 2.75) is 59.5 Å². The van der Waals surface area contributed by atoms with Crippen LogP contribution in [0.2, 0.25) is 0 Å². The Morgan fingerprint density at radius 1 is 1.31 bits per heavy atom. The molecule has 0 bridgehead atoms. The van der Waals surface area contributed by atoms with E-state index in [9.17, 15) is 4.79 Å². The Balaban J connectivity index is 1.72. The third kappa shape index (κ3) is 3.39. The van der Waals surface area contributed by atoms with Crippen molar-refractivity contribution in [3.63, 3.8) is 0 Å². The van der Waals surface area contributed by atoms with Crippen LogP contribution in [0.3, 0.4) is 0 Å². The molecular formula is C21H28N4O. The summed E-state index contributed by atoms with van der Waals surface area (Å²) >= 11 is 0. The van der Waals surface area contributed by atoms with Gasteiger partial charge in [0.2, 0.25) is 5.91 Å². The van der Waals surface area contributed by atoms with Crippen LogP contribution >= 0.6 is 0 Å². The number of aryl methyl sites for hydroxylation is 2. The normalized spacial score (nSPS) is 12.7. The second kappa shape index (κ2) is 7.36. The lowest BCUT2D eigenvalue weighted by Crippen LogP contribution is -2.31. The van der Waals surface area contributed by atoms with Crippen LogP contribution in [0.5, 0.6) is 0 Å². The van der Waals surface area contributed by atoms with Crippen molar-refractivity contribution >= 4 is 16.8 Å². The fourth-order valence-corrected chi connectivity index (χ4v) is 3.46. The highest BCUT2D eigenvalue weighted by molar-refractivity contribution is 5.85. The van der Waals surface area contributed by atoms with Crippen molar-refractivity contribution in [2.75, 3.05) is 0 Å². The van der Waals surface area contributed by atoms with Gasteiger partial charge in [0, 0.05) is 41.5 Å². The first-order valence-electron chi connectivity index (χ1n) is 9.32. The first kappa shape index (κ1) is 18.2. The van der Waals surface area contributed by atoms with Crippen LogP contribution in [0.1, 0.15) is 62.3 Å². The van der Waals surface area contributed by atoms with Crippen LogP contribution in [0.4, 0.5) is 0 Å². The van der Waals surface area contributed by atoms with Crippen molar-refractivity contribution in [2.24, 2.45) is 0 Å². The molecule has 1 atom stereocenters. The summed E-state index contributed by atoms with van der Waals surface area (Å²) in [5.41, 5.74) is 4.83. The molecule has 0 aliphatic carbocycles. The number of amides is 1. The summed E-state index contributed by atoms with van der Waals surface area (Å²) in [7, 11) is 0. The average molecular weight is 352 g/mol. The second-order valence-corrected chi connectivity index (χ2v) is 7.20.